The van der Waals surface area contributed by atoms with Gasteiger partial charge in [0.25, 0.3) is 0 Å². The zero-order valence-corrected chi connectivity index (χ0v) is 10.7. The monoisotopic (exact) mass is 272 g/mol. The molecule has 20 heavy (non-hydrogen) atoms. The van der Waals surface area contributed by atoms with Crippen LogP contribution in [0.2, 0.25) is 0 Å². The van der Waals surface area contributed by atoms with Crippen molar-refractivity contribution in [3.8, 4) is 0 Å². The van der Waals surface area contributed by atoms with E-state index in [1.54, 1.807) is 30.3 Å². The van der Waals surface area contributed by atoms with Gasteiger partial charge >= 0.3 is 5.66 Å². The van der Waals surface area contributed by atoms with Gasteiger partial charge in [-0.1, -0.05) is 35.9 Å². The first-order chi connectivity index (χ1) is 9.49. The molecule has 0 aliphatic rings. The Hall–Kier alpha value is -2.76. The average molecular weight is 272 g/mol. The molecule has 0 heterocycles. The summed E-state index contributed by atoms with van der Waals surface area (Å²) in [4.78, 5) is 21.3. The summed E-state index contributed by atoms with van der Waals surface area (Å²) in [5.74, 6) is 0. The van der Waals surface area contributed by atoms with Crippen molar-refractivity contribution in [1.29, 1.82) is 0 Å². The van der Waals surface area contributed by atoms with Crippen LogP contribution in [0.1, 0.15) is 16.7 Å². The van der Waals surface area contributed by atoms with Crippen LogP contribution in [0.25, 0.3) is 0 Å². The minimum atomic E-state index is -2.48. The Morgan fingerprint density at radius 3 is 1.70 bits per heavy atom. The maximum absolute atomic E-state index is 11.5. The number of hydrogen-bond acceptors (Lipinski definition) is 4. The fourth-order valence-corrected chi connectivity index (χ4v) is 2.11. The highest BCUT2D eigenvalue weighted by molar-refractivity contribution is 5.34. The largest absolute Gasteiger partial charge is 0.510 e. The van der Waals surface area contributed by atoms with Crippen LogP contribution in [0.15, 0.2) is 54.6 Å². The van der Waals surface area contributed by atoms with E-state index in [1.807, 2.05) is 6.92 Å². The van der Waals surface area contributed by atoms with E-state index >= 15 is 0 Å². The lowest BCUT2D eigenvalue weighted by Gasteiger charge is -2.17. The van der Waals surface area contributed by atoms with Gasteiger partial charge in [0.15, 0.2) is 0 Å². The molecule has 0 radical (unpaired) electrons. The fraction of sp³-hybridized carbons (Fsp3) is 0.143. The summed E-state index contributed by atoms with van der Waals surface area (Å²) in [7, 11) is 0. The summed E-state index contributed by atoms with van der Waals surface area (Å²) >= 11 is 0. The highest BCUT2D eigenvalue weighted by Gasteiger charge is 2.59. The third-order valence-corrected chi connectivity index (χ3v) is 3.16. The van der Waals surface area contributed by atoms with Crippen LogP contribution >= 0.6 is 0 Å². The Balaban J connectivity index is 2.75. The number of hydrogen-bond donors (Lipinski definition) is 0. The lowest BCUT2D eigenvalue weighted by atomic mass is 9.91. The maximum atomic E-state index is 11.5. The first kappa shape index (κ1) is 13.7. The number of rotatable bonds is 4. The van der Waals surface area contributed by atoms with Crippen molar-refractivity contribution in [2.24, 2.45) is 0 Å². The molecular formula is C14H12N2O4. The van der Waals surface area contributed by atoms with Crippen molar-refractivity contribution in [3.63, 3.8) is 0 Å². The summed E-state index contributed by atoms with van der Waals surface area (Å²) in [5, 5.41) is 23.0. The molecule has 102 valence electrons. The van der Waals surface area contributed by atoms with E-state index in [0.717, 1.165) is 5.56 Å². The Bertz CT molecular complexity index is 624. The second-order valence-corrected chi connectivity index (χ2v) is 4.42. The summed E-state index contributed by atoms with van der Waals surface area (Å²) in [6.07, 6.45) is 0. The molecule has 0 atom stereocenters. The molecule has 0 N–H and O–H groups in total. The molecular weight excluding hydrogens is 260 g/mol. The third-order valence-electron chi connectivity index (χ3n) is 3.16. The standard InChI is InChI=1S/C14H12N2O4/c1-11-7-9-13(10-8-11)14(15(17)18,16(19)20)12-5-3-2-4-6-12/h2-10H,1H3. The molecule has 0 aliphatic heterocycles. The fourth-order valence-electron chi connectivity index (χ4n) is 2.11. The molecule has 0 unspecified atom stereocenters. The van der Waals surface area contributed by atoms with E-state index in [1.165, 1.54) is 24.3 Å². The van der Waals surface area contributed by atoms with E-state index in [4.69, 9.17) is 0 Å². The van der Waals surface area contributed by atoms with Crippen molar-refractivity contribution in [3.05, 3.63) is 91.5 Å². The lowest BCUT2D eigenvalue weighted by Crippen LogP contribution is -2.44. The van der Waals surface area contributed by atoms with Crippen LogP contribution in [0, 0.1) is 27.2 Å². The minimum absolute atomic E-state index is 0.0267. The number of nitrogens with zero attached hydrogens (tertiary/aromatic N) is 2. The van der Waals surface area contributed by atoms with Crippen molar-refractivity contribution >= 4 is 0 Å². The Morgan fingerprint density at radius 1 is 0.800 bits per heavy atom. The van der Waals surface area contributed by atoms with Gasteiger partial charge in [-0.25, -0.2) is 0 Å². The Kier molecular flexibility index (Phi) is 3.47. The topological polar surface area (TPSA) is 86.3 Å². The van der Waals surface area contributed by atoms with Crippen molar-refractivity contribution < 1.29 is 9.85 Å². The Labute approximate surface area is 115 Å². The molecule has 0 amide bonds. The molecule has 6 heteroatoms. The smallest absolute Gasteiger partial charge is 0.258 e. The second-order valence-electron chi connectivity index (χ2n) is 4.42. The maximum Gasteiger partial charge on any atom is 0.510 e. The zero-order chi connectivity index (χ0) is 14.8. The predicted molar refractivity (Wildman–Crippen MR) is 72.4 cm³/mol. The van der Waals surface area contributed by atoms with Gasteiger partial charge in [-0.05, 0) is 31.2 Å². The first-order valence-corrected chi connectivity index (χ1v) is 5.91. The van der Waals surface area contributed by atoms with E-state index < -0.39 is 15.5 Å². The van der Waals surface area contributed by atoms with Gasteiger partial charge < -0.3 is 0 Å². The normalized spacial score (nSPS) is 11.1. The summed E-state index contributed by atoms with van der Waals surface area (Å²) < 4.78 is 0. The molecule has 0 saturated carbocycles. The summed E-state index contributed by atoms with van der Waals surface area (Å²) in [5.41, 5.74) is -1.54. The average Bonchev–Trinajstić information content (AvgIpc) is 2.42. The van der Waals surface area contributed by atoms with Gasteiger partial charge in [0.1, 0.15) is 21.0 Å². The van der Waals surface area contributed by atoms with Crippen molar-refractivity contribution in [1.82, 2.24) is 0 Å². The van der Waals surface area contributed by atoms with Gasteiger partial charge in [0.2, 0.25) is 0 Å². The van der Waals surface area contributed by atoms with Gasteiger partial charge in [-0.15, -0.1) is 0 Å². The van der Waals surface area contributed by atoms with Crippen LogP contribution in [-0.2, 0) is 5.66 Å². The quantitative estimate of drug-likeness (QED) is 0.486. The van der Waals surface area contributed by atoms with Crippen molar-refractivity contribution in [2.75, 3.05) is 0 Å². The third kappa shape index (κ3) is 2.01. The zero-order valence-electron chi connectivity index (χ0n) is 10.7. The SMILES string of the molecule is Cc1ccc(C(c2ccccc2)([N+](=O)[O-])[N+](=O)[O-])cc1. The second kappa shape index (κ2) is 5.08. The predicted octanol–water partition coefficient (Wildman–Crippen LogP) is 2.75. The van der Waals surface area contributed by atoms with E-state index in [9.17, 15) is 20.2 Å². The summed E-state index contributed by atoms with van der Waals surface area (Å²) in [6, 6.07) is 13.6. The van der Waals surface area contributed by atoms with Gasteiger partial charge in [-0.3, -0.25) is 20.2 Å². The molecule has 0 spiro atoms. The lowest BCUT2D eigenvalue weighted by molar-refractivity contribution is -0.796. The van der Waals surface area contributed by atoms with Crippen LogP contribution in [0.3, 0.4) is 0 Å². The van der Waals surface area contributed by atoms with Gasteiger partial charge in [0.05, 0.1) is 0 Å². The minimum Gasteiger partial charge on any atom is -0.258 e. The molecule has 2 aromatic rings. The van der Waals surface area contributed by atoms with E-state index in [-0.39, 0.29) is 11.1 Å². The van der Waals surface area contributed by atoms with Crippen LogP contribution in [0.4, 0.5) is 0 Å². The van der Waals surface area contributed by atoms with Gasteiger partial charge in [0, 0.05) is 0 Å². The number of nitro groups is 2. The van der Waals surface area contributed by atoms with Crippen molar-refractivity contribution in [2.45, 2.75) is 12.6 Å². The van der Waals surface area contributed by atoms with E-state index in [2.05, 4.69) is 0 Å². The molecule has 2 aromatic carbocycles. The van der Waals surface area contributed by atoms with E-state index in [0.29, 0.717) is 0 Å². The summed E-state index contributed by atoms with van der Waals surface area (Å²) in [6.45, 7) is 1.81. The molecule has 0 fully saturated rings. The molecule has 0 saturated heterocycles. The first-order valence-electron chi connectivity index (χ1n) is 5.91. The molecule has 2 rings (SSSR count). The van der Waals surface area contributed by atoms with Crippen LogP contribution in [-0.4, -0.2) is 9.85 Å². The highest BCUT2D eigenvalue weighted by atomic mass is 16.7. The molecule has 0 bridgehead atoms. The number of benzene rings is 2. The van der Waals surface area contributed by atoms with Crippen LogP contribution in [0.5, 0.6) is 0 Å². The van der Waals surface area contributed by atoms with Gasteiger partial charge in [-0.2, -0.15) is 0 Å². The molecule has 6 nitrogen and oxygen atoms in total. The molecule has 0 aliphatic carbocycles. The Morgan fingerprint density at radius 2 is 1.25 bits per heavy atom. The van der Waals surface area contributed by atoms with Crippen LogP contribution < -0.4 is 0 Å². The highest BCUT2D eigenvalue weighted by Crippen LogP contribution is 2.33. The number of aryl methyl sites for hydroxylation is 1. The molecule has 0 aromatic heterocycles.